The van der Waals surface area contributed by atoms with Crippen LogP contribution in [0.25, 0.3) is 0 Å². The van der Waals surface area contributed by atoms with Gasteiger partial charge in [0.15, 0.2) is 0 Å². The minimum absolute atomic E-state index is 0.0485. The Labute approximate surface area is 501 Å². The Morgan fingerprint density at radius 2 is 0.753 bits per heavy atom. The van der Waals surface area contributed by atoms with Crippen molar-refractivity contribution in [2.75, 3.05) is 40.9 Å². The monoisotopic (exact) mass is 1150 g/mol. The lowest BCUT2D eigenvalue weighted by molar-refractivity contribution is -0.870. The first-order valence-corrected chi connectivity index (χ1v) is 34.9. The number of quaternary nitrogens is 1. The molecule has 1 amide bonds. The van der Waals surface area contributed by atoms with Gasteiger partial charge >= 0.3 is 7.82 Å². The van der Waals surface area contributed by atoms with Gasteiger partial charge in [-0.1, -0.05) is 289 Å². The van der Waals surface area contributed by atoms with Gasteiger partial charge in [-0.05, 0) is 103 Å². The van der Waals surface area contributed by atoms with Crippen molar-refractivity contribution in [2.24, 2.45) is 0 Å². The standard InChI is InChI=1S/C72H127N2O6P/c1-6-8-10-12-14-16-18-20-22-24-26-28-30-32-33-34-35-36-37-38-39-40-41-42-44-46-48-50-52-54-56-58-60-62-64-66-72(76)73-70(69-80-81(77,78)79-68-67-74(3,4)5)71(75)65-63-61-59-57-55-53-51-49-47-45-43-31-29-27-25-23-21-19-17-15-13-11-9-7-2/h8,10,14,16,20,22,26,28,32-33,35-36,38-39,47,49,55,57,63,65,70-71,75H,6-7,9,11-13,15,17-19,21,23-25,27,29-31,34,37,40-46,48,50-54,56,58-62,64,66-69H2,1-5H3,(H-,73,76,77,78)/p+1/b10-8-,16-14-,22-20-,28-26-,33-32-,36-35-,39-38-,49-47+,57-55+,65-63+. The van der Waals surface area contributed by atoms with Crippen LogP contribution in [0.3, 0.4) is 0 Å². The van der Waals surface area contributed by atoms with Crippen molar-refractivity contribution in [3.8, 4) is 0 Å². The third-order valence-electron chi connectivity index (χ3n) is 14.4. The zero-order valence-corrected chi connectivity index (χ0v) is 54.1. The summed E-state index contributed by atoms with van der Waals surface area (Å²) in [6, 6.07) is -0.879. The number of amides is 1. The highest BCUT2D eigenvalue weighted by Crippen LogP contribution is 2.43. The Balaban J connectivity index is 4.18. The number of phosphoric ester groups is 1. The van der Waals surface area contributed by atoms with E-state index in [2.05, 4.69) is 129 Å². The Hall–Kier alpha value is -3.10. The van der Waals surface area contributed by atoms with Gasteiger partial charge in [-0.3, -0.25) is 13.8 Å². The number of aliphatic hydroxyl groups excluding tert-OH is 1. The van der Waals surface area contributed by atoms with Crippen LogP contribution in [0, 0.1) is 0 Å². The molecular weight excluding hydrogens is 1020 g/mol. The quantitative estimate of drug-likeness (QED) is 0.0243. The number of likely N-dealkylation sites (N-methyl/N-ethyl adjacent to an activating group) is 1. The van der Waals surface area contributed by atoms with Gasteiger partial charge in [0, 0.05) is 6.42 Å². The van der Waals surface area contributed by atoms with Gasteiger partial charge in [0.1, 0.15) is 13.2 Å². The van der Waals surface area contributed by atoms with E-state index in [1.54, 1.807) is 6.08 Å². The number of carbonyl (C=O) groups is 1. The van der Waals surface area contributed by atoms with Crippen molar-refractivity contribution in [2.45, 2.75) is 289 Å². The summed E-state index contributed by atoms with van der Waals surface area (Å²) < 4.78 is 23.8. The van der Waals surface area contributed by atoms with Crippen LogP contribution in [-0.4, -0.2) is 73.4 Å². The maximum Gasteiger partial charge on any atom is 0.472 e. The smallest absolute Gasteiger partial charge is 0.387 e. The topological polar surface area (TPSA) is 105 Å². The van der Waals surface area contributed by atoms with Crippen LogP contribution in [0.4, 0.5) is 0 Å². The van der Waals surface area contributed by atoms with Gasteiger partial charge in [0.25, 0.3) is 0 Å². The Kier molecular flexibility index (Phi) is 59.1. The zero-order chi connectivity index (χ0) is 59.1. The molecule has 0 rings (SSSR count). The molecule has 0 heterocycles. The van der Waals surface area contributed by atoms with Crippen molar-refractivity contribution in [1.82, 2.24) is 5.32 Å². The van der Waals surface area contributed by atoms with Crippen LogP contribution in [0.1, 0.15) is 277 Å². The normalized spacial score (nSPS) is 14.5. The lowest BCUT2D eigenvalue weighted by Crippen LogP contribution is -2.45. The molecule has 81 heavy (non-hydrogen) atoms. The number of carbonyl (C=O) groups excluding carboxylic acids is 1. The number of phosphoric acid groups is 1. The number of aliphatic hydroxyl groups is 1. The maximum absolute atomic E-state index is 13.0. The van der Waals surface area contributed by atoms with E-state index in [0.29, 0.717) is 17.4 Å². The Morgan fingerprint density at radius 1 is 0.432 bits per heavy atom. The zero-order valence-electron chi connectivity index (χ0n) is 53.2. The van der Waals surface area contributed by atoms with Gasteiger partial charge in [0.2, 0.25) is 5.91 Å². The van der Waals surface area contributed by atoms with Crippen molar-refractivity contribution in [3.63, 3.8) is 0 Å². The lowest BCUT2D eigenvalue weighted by Gasteiger charge is -2.25. The van der Waals surface area contributed by atoms with Crippen LogP contribution < -0.4 is 5.32 Å². The number of nitrogens with zero attached hydrogens (tertiary/aromatic N) is 1. The molecule has 0 aliphatic carbocycles. The molecule has 0 radical (unpaired) electrons. The molecule has 9 heteroatoms. The second-order valence-corrected chi connectivity index (χ2v) is 24.9. The molecule has 0 aliphatic heterocycles. The average molecular weight is 1150 g/mol. The first-order chi connectivity index (χ1) is 39.5. The van der Waals surface area contributed by atoms with E-state index in [9.17, 15) is 19.4 Å². The van der Waals surface area contributed by atoms with Gasteiger partial charge in [-0.25, -0.2) is 4.57 Å². The minimum atomic E-state index is -4.37. The fourth-order valence-electron chi connectivity index (χ4n) is 9.23. The number of nitrogens with one attached hydrogen (secondary N) is 1. The SMILES string of the molecule is CC/C=C\C/C=C\C/C=C\C/C=C\C/C=C\C/C=C\C/C=C\CCCCCCCCCCCCCCCC(=O)NC(COP(=O)(O)OCC[N+](C)(C)C)C(O)/C=C/CC/C=C/CC/C=C/CCCCCCCCCCCCCCCC. The molecule has 0 fully saturated rings. The molecule has 0 aromatic rings. The molecule has 3 N–H and O–H groups in total. The summed E-state index contributed by atoms with van der Waals surface area (Å²) in [5.74, 6) is -0.195. The summed E-state index contributed by atoms with van der Waals surface area (Å²) in [6.45, 7) is 4.68. The lowest BCUT2D eigenvalue weighted by atomic mass is 10.0. The van der Waals surface area contributed by atoms with E-state index in [-0.39, 0.29) is 19.1 Å². The number of rotatable bonds is 60. The molecule has 0 aromatic heterocycles. The summed E-state index contributed by atoms with van der Waals surface area (Å²) in [5.41, 5.74) is 0. The van der Waals surface area contributed by atoms with E-state index in [0.717, 1.165) is 89.9 Å². The first-order valence-electron chi connectivity index (χ1n) is 33.4. The molecule has 0 aliphatic rings. The Bertz CT molecular complexity index is 1730. The first kappa shape index (κ1) is 77.9. The van der Waals surface area contributed by atoms with E-state index >= 15 is 0 Å². The highest BCUT2D eigenvalue weighted by Gasteiger charge is 2.27. The summed E-state index contributed by atoms with van der Waals surface area (Å²) in [4.78, 5) is 23.4. The van der Waals surface area contributed by atoms with Crippen LogP contribution >= 0.6 is 7.82 Å². The molecule has 0 spiro atoms. The predicted octanol–water partition coefficient (Wildman–Crippen LogP) is 21.3. The van der Waals surface area contributed by atoms with Crippen LogP contribution in [0.15, 0.2) is 122 Å². The van der Waals surface area contributed by atoms with Crippen molar-refractivity contribution in [1.29, 1.82) is 0 Å². The van der Waals surface area contributed by atoms with Crippen molar-refractivity contribution >= 4 is 13.7 Å². The molecule has 0 bridgehead atoms. The number of unbranched alkanes of at least 4 members (excludes halogenated alkanes) is 29. The van der Waals surface area contributed by atoms with Crippen LogP contribution in [0.5, 0.6) is 0 Å². The summed E-state index contributed by atoms with van der Waals surface area (Å²) in [5, 5.41) is 14.0. The van der Waals surface area contributed by atoms with Gasteiger partial charge in [0.05, 0.1) is 39.9 Å². The maximum atomic E-state index is 13.0. The van der Waals surface area contributed by atoms with E-state index in [1.165, 1.54) is 167 Å². The summed E-state index contributed by atoms with van der Waals surface area (Å²) in [7, 11) is 1.54. The third-order valence-corrected chi connectivity index (χ3v) is 15.4. The predicted molar refractivity (Wildman–Crippen MR) is 355 cm³/mol. The second kappa shape index (κ2) is 61.5. The van der Waals surface area contributed by atoms with E-state index in [1.807, 2.05) is 27.2 Å². The van der Waals surface area contributed by atoms with E-state index < -0.39 is 20.0 Å². The van der Waals surface area contributed by atoms with Crippen LogP contribution in [0.2, 0.25) is 0 Å². The highest BCUT2D eigenvalue weighted by atomic mass is 31.2. The molecule has 3 unspecified atom stereocenters. The third kappa shape index (κ3) is 64.3. The van der Waals surface area contributed by atoms with Crippen LogP contribution in [-0.2, 0) is 18.4 Å². The summed E-state index contributed by atoms with van der Waals surface area (Å²) >= 11 is 0. The molecule has 0 saturated heterocycles. The fourth-order valence-corrected chi connectivity index (χ4v) is 9.97. The molecule has 0 saturated carbocycles. The van der Waals surface area contributed by atoms with Gasteiger partial charge < -0.3 is 19.8 Å². The van der Waals surface area contributed by atoms with E-state index in [4.69, 9.17) is 9.05 Å². The fraction of sp³-hybridized carbons (Fsp3) is 0.708. The largest absolute Gasteiger partial charge is 0.472 e. The number of hydrogen-bond acceptors (Lipinski definition) is 5. The van der Waals surface area contributed by atoms with Crippen molar-refractivity contribution in [3.05, 3.63) is 122 Å². The molecule has 3 atom stereocenters. The molecular formula is C72H128N2O6P+. The molecule has 0 aromatic carbocycles. The minimum Gasteiger partial charge on any atom is -0.387 e. The number of allylic oxidation sites excluding steroid dienone is 19. The summed E-state index contributed by atoms with van der Waals surface area (Å²) in [6.07, 6.45) is 91.9. The molecule has 8 nitrogen and oxygen atoms in total. The average Bonchev–Trinajstić information content (AvgIpc) is 3.43. The van der Waals surface area contributed by atoms with Gasteiger partial charge in [-0.15, -0.1) is 0 Å². The van der Waals surface area contributed by atoms with Crippen molar-refractivity contribution < 1.29 is 32.9 Å². The Morgan fingerprint density at radius 3 is 1.14 bits per heavy atom. The molecule has 466 valence electrons. The highest BCUT2D eigenvalue weighted by molar-refractivity contribution is 7.47. The van der Waals surface area contributed by atoms with Gasteiger partial charge in [-0.2, -0.15) is 0 Å². The number of hydrogen-bond donors (Lipinski definition) is 3. The second-order valence-electron chi connectivity index (χ2n) is 23.4.